The molecule has 1 fully saturated rings. The smallest absolute Gasteiger partial charge is 0.169 e. The van der Waals surface area contributed by atoms with E-state index in [0.29, 0.717) is 13.0 Å². The molecule has 0 bridgehead atoms. The van der Waals surface area contributed by atoms with Crippen molar-refractivity contribution in [2.45, 2.75) is 24.9 Å². The molecule has 0 aromatic rings. The highest BCUT2D eigenvalue weighted by molar-refractivity contribution is 4.82. The van der Waals surface area contributed by atoms with E-state index < -0.39 is 6.29 Å². The number of aliphatic hydroxyl groups is 2. The van der Waals surface area contributed by atoms with Crippen LogP contribution in [0, 0.1) is 0 Å². The predicted octanol–water partition coefficient (Wildman–Crippen LogP) is -1.33. The lowest BCUT2D eigenvalue weighted by molar-refractivity contribution is -0.0945. The topological polar surface area (TPSA) is 61.7 Å². The quantitative estimate of drug-likeness (QED) is 0.424. The number of ether oxygens (including phenoxy) is 1. The molecule has 4 nitrogen and oxygen atoms in total. The second-order valence-electron chi connectivity index (χ2n) is 2.53. The Kier molecular flexibility index (Phi) is 2.62. The number of methoxy groups -OCH3 is 1. The summed E-state index contributed by atoms with van der Waals surface area (Å²) in [6, 6.07) is -0.111. The van der Waals surface area contributed by atoms with Crippen LogP contribution in [-0.2, 0) is 4.74 Å². The largest absolute Gasteiger partial charge is 0.392 e. The Balaban J connectivity index is 2.29. The molecule has 0 aromatic carbocycles. The molecule has 60 valence electrons. The van der Waals surface area contributed by atoms with Gasteiger partial charge >= 0.3 is 0 Å². The summed E-state index contributed by atoms with van der Waals surface area (Å²) >= 11 is 0. The highest BCUT2D eigenvalue weighted by Crippen LogP contribution is 2.09. The minimum Gasteiger partial charge on any atom is -0.392 e. The van der Waals surface area contributed by atoms with Crippen LogP contribution in [0.2, 0.25) is 0 Å². The summed E-state index contributed by atoms with van der Waals surface area (Å²) in [7, 11) is 1.44. The molecule has 3 atom stereocenters. The predicted molar refractivity (Wildman–Crippen MR) is 35.4 cm³/mol. The Labute approximate surface area is 59.8 Å². The lowest BCUT2D eigenvalue weighted by Gasteiger charge is -2.15. The van der Waals surface area contributed by atoms with E-state index in [-0.39, 0.29) is 12.1 Å². The van der Waals surface area contributed by atoms with Gasteiger partial charge < -0.3 is 20.3 Å². The van der Waals surface area contributed by atoms with Crippen LogP contribution in [0.15, 0.2) is 0 Å². The van der Waals surface area contributed by atoms with Gasteiger partial charge in [0, 0.05) is 13.7 Å². The third kappa shape index (κ3) is 1.67. The van der Waals surface area contributed by atoms with Gasteiger partial charge in [0.25, 0.3) is 0 Å². The standard InChI is InChI=1S/C6H13NO3/c1-10-6(9)5-2-4(8)3-7-5/h4-9H,2-3H2,1H3/t4?,5-,6?/m0/s1. The highest BCUT2D eigenvalue weighted by Gasteiger charge is 2.27. The number of hydrogen-bond acceptors (Lipinski definition) is 4. The summed E-state index contributed by atoms with van der Waals surface area (Å²) in [4.78, 5) is 0. The average molecular weight is 147 g/mol. The van der Waals surface area contributed by atoms with E-state index in [1.165, 1.54) is 7.11 Å². The first-order valence-electron chi connectivity index (χ1n) is 3.36. The van der Waals surface area contributed by atoms with E-state index in [2.05, 4.69) is 10.1 Å². The molecule has 1 saturated heterocycles. The summed E-state index contributed by atoms with van der Waals surface area (Å²) in [5.41, 5.74) is 0. The van der Waals surface area contributed by atoms with Crippen LogP contribution in [0.1, 0.15) is 6.42 Å². The summed E-state index contributed by atoms with van der Waals surface area (Å²) < 4.78 is 4.66. The fraction of sp³-hybridized carbons (Fsp3) is 1.00. The molecule has 1 aliphatic rings. The molecular weight excluding hydrogens is 134 g/mol. The fourth-order valence-electron chi connectivity index (χ4n) is 1.13. The van der Waals surface area contributed by atoms with E-state index in [1.54, 1.807) is 0 Å². The van der Waals surface area contributed by atoms with Crippen molar-refractivity contribution < 1.29 is 14.9 Å². The zero-order valence-electron chi connectivity index (χ0n) is 5.95. The first-order valence-corrected chi connectivity index (χ1v) is 3.36. The lowest BCUT2D eigenvalue weighted by Crippen LogP contribution is -2.35. The van der Waals surface area contributed by atoms with Crippen molar-refractivity contribution in [3.63, 3.8) is 0 Å². The molecule has 0 spiro atoms. The van der Waals surface area contributed by atoms with Gasteiger partial charge in [-0.2, -0.15) is 0 Å². The van der Waals surface area contributed by atoms with Gasteiger partial charge in [-0.15, -0.1) is 0 Å². The van der Waals surface area contributed by atoms with E-state index in [1.807, 2.05) is 0 Å². The van der Waals surface area contributed by atoms with Crippen molar-refractivity contribution in [3.8, 4) is 0 Å². The first-order chi connectivity index (χ1) is 4.74. The number of hydrogen-bond donors (Lipinski definition) is 3. The third-order valence-electron chi connectivity index (χ3n) is 1.73. The zero-order valence-corrected chi connectivity index (χ0v) is 5.95. The van der Waals surface area contributed by atoms with Crippen LogP contribution in [-0.4, -0.2) is 42.3 Å². The van der Waals surface area contributed by atoms with Crippen LogP contribution in [0.25, 0.3) is 0 Å². The van der Waals surface area contributed by atoms with Crippen molar-refractivity contribution in [2.75, 3.05) is 13.7 Å². The van der Waals surface area contributed by atoms with Crippen molar-refractivity contribution in [1.29, 1.82) is 0 Å². The van der Waals surface area contributed by atoms with Crippen LogP contribution in [0.5, 0.6) is 0 Å². The van der Waals surface area contributed by atoms with E-state index in [9.17, 15) is 0 Å². The second kappa shape index (κ2) is 3.30. The maximum absolute atomic E-state index is 9.08. The van der Waals surface area contributed by atoms with Gasteiger partial charge in [-0.05, 0) is 6.42 Å². The fourth-order valence-corrected chi connectivity index (χ4v) is 1.13. The van der Waals surface area contributed by atoms with Crippen LogP contribution in [0.4, 0.5) is 0 Å². The summed E-state index contributed by atoms with van der Waals surface area (Å²) in [5, 5.41) is 21.0. The molecule has 0 aliphatic carbocycles. The van der Waals surface area contributed by atoms with E-state index in [0.717, 1.165) is 0 Å². The monoisotopic (exact) mass is 147 g/mol. The van der Waals surface area contributed by atoms with Crippen molar-refractivity contribution in [3.05, 3.63) is 0 Å². The summed E-state index contributed by atoms with van der Waals surface area (Å²) in [6.07, 6.45) is -0.568. The molecule has 2 unspecified atom stereocenters. The van der Waals surface area contributed by atoms with Gasteiger partial charge in [0.2, 0.25) is 0 Å². The maximum atomic E-state index is 9.08. The molecule has 1 aliphatic heterocycles. The molecule has 0 amide bonds. The molecule has 1 rings (SSSR count). The Morgan fingerprint density at radius 3 is 2.80 bits per heavy atom. The number of nitrogens with one attached hydrogen (secondary N) is 1. The number of aliphatic hydroxyl groups excluding tert-OH is 2. The van der Waals surface area contributed by atoms with Crippen LogP contribution in [0.3, 0.4) is 0 Å². The number of β-amino-alcohol motifs (C(OH)–C–C–N with tert-alkyl or cyclic N) is 1. The van der Waals surface area contributed by atoms with Gasteiger partial charge in [0.05, 0.1) is 12.1 Å². The molecule has 0 saturated carbocycles. The average Bonchev–Trinajstić information content (AvgIpc) is 2.34. The Morgan fingerprint density at radius 2 is 2.40 bits per heavy atom. The maximum Gasteiger partial charge on any atom is 0.169 e. The Bertz CT molecular complexity index is 109. The highest BCUT2D eigenvalue weighted by atomic mass is 16.6. The van der Waals surface area contributed by atoms with Gasteiger partial charge in [-0.1, -0.05) is 0 Å². The van der Waals surface area contributed by atoms with E-state index >= 15 is 0 Å². The molecule has 0 radical (unpaired) electrons. The first kappa shape index (κ1) is 7.94. The SMILES string of the molecule is COC(O)[C@@H]1CC(O)CN1. The molecule has 1 heterocycles. The van der Waals surface area contributed by atoms with Gasteiger partial charge in [0.1, 0.15) is 0 Å². The Hall–Kier alpha value is -0.160. The van der Waals surface area contributed by atoms with Gasteiger partial charge in [0.15, 0.2) is 6.29 Å². The van der Waals surface area contributed by atoms with Gasteiger partial charge in [-0.25, -0.2) is 0 Å². The molecule has 10 heavy (non-hydrogen) atoms. The van der Waals surface area contributed by atoms with Crippen LogP contribution >= 0.6 is 0 Å². The van der Waals surface area contributed by atoms with Crippen LogP contribution < -0.4 is 5.32 Å². The number of rotatable bonds is 2. The lowest BCUT2D eigenvalue weighted by atomic mass is 10.2. The van der Waals surface area contributed by atoms with Crippen molar-refractivity contribution in [2.24, 2.45) is 0 Å². The van der Waals surface area contributed by atoms with Gasteiger partial charge in [-0.3, -0.25) is 0 Å². The molecule has 0 aromatic heterocycles. The summed E-state index contributed by atoms with van der Waals surface area (Å²) in [5.74, 6) is 0. The normalized spacial score (nSPS) is 36.3. The zero-order chi connectivity index (χ0) is 7.56. The second-order valence-corrected chi connectivity index (χ2v) is 2.53. The summed E-state index contributed by atoms with van der Waals surface area (Å²) in [6.45, 7) is 0.547. The molecular formula is C6H13NO3. The molecule has 4 heteroatoms. The van der Waals surface area contributed by atoms with Crippen molar-refractivity contribution >= 4 is 0 Å². The molecule has 3 N–H and O–H groups in total. The Morgan fingerprint density at radius 1 is 1.70 bits per heavy atom. The minimum atomic E-state index is -0.794. The van der Waals surface area contributed by atoms with Crippen molar-refractivity contribution in [1.82, 2.24) is 5.32 Å². The van der Waals surface area contributed by atoms with E-state index in [4.69, 9.17) is 10.2 Å². The minimum absolute atomic E-state index is 0.111. The third-order valence-corrected chi connectivity index (χ3v) is 1.73.